The summed E-state index contributed by atoms with van der Waals surface area (Å²) < 4.78 is 11.8. The minimum absolute atomic E-state index is 0.309. The number of nitrogens with one attached hydrogen (secondary N) is 2. The first kappa shape index (κ1) is 25.2. The highest BCUT2D eigenvalue weighted by Crippen LogP contribution is 2.34. The number of para-hydroxylation sites is 2. The number of amides is 1. The molecule has 0 fully saturated rings. The molecule has 0 aliphatic heterocycles. The number of ether oxygens (including phenoxy) is 2. The van der Waals surface area contributed by atoms with Crippen LogP contribution in [0.1, 0.15) is 26.4 Å². The molecule has 0 unspecified atom stereocenters. The first-order valence-corrected chi connectivity index (χ1v) is 12.8. The van der Waals surface area contributed by atoms with Crippen LogP contribution in [0.4, 0.5) is 0 Å². The largest absolute Gasteiger partial charge is 0.497 e. The van der Waals surface area contributed by atoms with E-state index < -0.39 is 11.9 Å². The Morgan fingerprint density at radius 1 is 0.921 bits per heavy atom. The second kappa shape index (κ2) is 11.3. The molecule has 0 aliphatic carbocycles. The second-order valence-corrected chi connectivity index (χ2v) is 9.42. The Morgan fingerprint density at radius 2 is 1.68 bits per heavy atom. The Labute approximate surface area is 232 Å². The summed E-state index contributed by atoms with van der Waals surface area (Å²) in [5.74, 6) is -0.0612. The molecule has 2 N–H and O–H groups in total. The maximum Gasteiger partial charge on any atom is 0.343 e. The van der Waals surface area contributed by atoms with E-state index in [4.69, 9.17) is 9.47 Å². The summed E-state index contributed by atoms with van der Waals surface area (Å²) >= 11 is 2.25. The van der Waals surface area contributed by atoms with Crippen molar-refractivity contribution in [3.8, 4) is 22.6 Å². The number of halogens is 1. The van der Waals surface area contributed by atoms with Crippen molar-refractivity contribution in [1.29, 1.82) is 0 Å². The Kier molecular flexibility index (Phi) is 7.50. The average Bonchev–Trinajstić information content (AvgIpc) is 3.35. The van der Waals surface area contributed by atoms with Gasteiger partial charge in [0.05, 0.1) is 24.4 Å². The topological polar surface area (TPSA) is 92.8 Å². The lowest BCUT2D eigenvalue weighted by molar-refractivity contribution is 0.0733. The van der Waals surface area contributed by atoms with Gasteiger partial charge in [-0.05, 0) is 64.6 Å². The van der Waals surface area contributed by atoms with Crippen LogP contribution in [0.2, 0.25) is 0 Å². The molecule has 0 atom stereocenters. The number of carbonyl (C=O) groups excluding carboxylic acids is 2. The molecule has 0 aliphatic rings. The van der Waals surface area contributed by atoms with Crippen molar-refractivity contribution >= 4 is 51.6 Å². The highest BCUT2D eigenvalue weighted by atomic mass is 127. The number of hydrazone groups is 1. The van der Waals surface area contributed by atoms with Gasteiger partial charge >= 0.3 is 5.97 Å². The van der Waals surface area contributed by atoms with E-state index >= 15 is 0 Å². The van der Waals surface area contributed by atoms with Gasteiger partial charge in [-0.3, -0.25) is 4.79 Å². The average molecular weight is 615 g/mol. The number of carbonyl (C=O) groups is 2. The Morgan fingerprint density at radius 3 is 2.50 bits per heavy atom. The van der Waals surface area contributed by atoms with Crippen LogP contribution < -0.4 is 14.9 Å². The number of hydrogen-bond donors (Lipinski definition) is 2. The summed E-state index contributed by atoms with van der Waals surface area (Å²) in [5.41, 5.74) is 6.50. The van der Waals surface area contributed by atoms with Crippen molar-refractivity contribution in [2.24, 2.45) is 5.10 Å². The zero-order chi connectivity index (χ0) is 26.5. The fourth-order valence-corrected chi connectivity index (χ4v) is 4.69. The Hall–Kier alpha value is -4.44. The maximum absolute atomic E-state index is 13.3. The SMILES string of the molecule is COc1cccc(C(=O)Oc2ccccc2C=NNC(=O)c2[nH]c3c(I)cccc3c2-c2ccccc2)c1. The van der Waals surface area contributed by atoms with Crippen molar-refractivity contribution in [3.05, 3.63) is 117 Å². The lowest BCUT2D eigenvalue weighted by Gasteiger charge is -2.08. The fraction of sp³-hybridized carbons (Fsp3) is 0.0333. The number of hydrogen-bond acceptors (Lipinski definition) is 5. The summed E-state index contributed by atoms with van der Waals surface area (Å²) in [5, 5.41) is 5.11. The van der Waals surface area contributed by atoms with Crippen LogP contribution in [0.25, 0.3) is 22.0 Å². The van der Waals surface area contributed by atoms with Crippen molar-refractivity contribution in [2.75, 3.05) is 7.11 Å². The van der Waals surface area contributed by atoms with Crippen LogP contribution in [0.3, 0.4) is 0 Å². The quantitative estimate of drug-likeness (QED) is 0.0726. The molecule has 188 valence electrons. The number of benzene rings is 4. The van der Waals surface area contributed by atoms with Gasteiger partial charge in [0.1, 0.15) is 17.2 Å². The van der Waals surface area contributed by atoms with Gasteiger partial charge in [0.25, 0.3) is 5.91 Å². The van der Waals surface area contributed by atoms with Gasteiger partial charge in [-0.15, -0.1) is 0 Å². The summed E-state index contributed by atoms with van der Waals surface area (Å²) in [6.07, 6.45) is 1.45. The smallest absolute Gasteiger partial charge is 0.343 e. The zero-order valence-electron chi connectivity index (χ0n) is 20.3. The van der Waals surface area contributed by atoms with E-state index in [0.717, 1.165) is 25.6 Å². The fourth-order valence-electron chi connectivity index (χ4n) is 4.06. The molecule has 1 amide bonds. The number of nitrogens with zero attached hydrogens (tertiary/aromatic N) is 1. The molecule has 1 aromatic heterocycles. The van der Waals surface area contributed by atoms with E-state index in [0.29, 0.717) is 28.3 Å². The number of methoxy groups -OCH3 is 1. The molecule has 7 nitrogen and oxygen atoms in total. The minimum Gasteiger partial charge on any atom is -0.497 e. The maximum atomic E-state index is 13.3. The standard InChI is InChI=1S/C30H22IN3O4/c1-37-22-13-7-12-20(17-22)30(36)38-25-16-6-5-11-21(25)18-32-34-29(35)28-26(19-9-3-2-4-10-19)23-14-8-15-24(31)27(23)33-28/h2-18,33H,1H3,(H,34,35). The number of aromatic nitrogens is 1. The molecule has 5 aromatic rings. The molecule has 0 radical (unpaired) electrons. The van der Waals surface area contributed by atoms with Crippen molar-refractivity contribution in [2.45, 2.75) is 0 Å². The summed E-state index contributed by atoms with van der Waals surface area (Å²) in [4.78, 5) is 29.2. The van der Waals surface area contributed by atoms with Gasteiger partial charge in [0, 0.05) is 20.1 Å². The molecule has 1 heterocycles. The number of H-pyrrole nitrogens is 1. The molecule has 5 rings (SSSR count). The molecular formula is C30H22IN3O4. The van der Waals surface area contributed by atoms with Gasteiger partial charge in [-0.2, -0.15) is 5.10 Å². The van der Waals surface area contributed by atoms with Crippen LogP contribution in [0.15, 0.2) is 102 Å². The van der Waals surface area contributed by atoms with Gasteiger partial charge < -0.3 is 14.5 Å². The third-order valence-electron chi connectivity index (χ3n) is 5.87. The van der Waals surface area contributed by atoms with Crippen LogP contribution in [-0.4, -0.2) is 30.2 Å². The van der Waals surface area contributed by atoms with Gasteiger partial charge in [-0.1, -0.05) is 60.7 Å². The predicted octanol–water partition coefficient (Wildman–Crippen LogP) is 6.43. The first-order chi connectivity index (χ1) is 18.5. The molecule has 0 bridgehead atoms. The van der Waals surface area contributed by atoms with E-state index in [1.165, 1.54) is 13.3 Å². The molecule has 4 aromatic carbocycles. The molecule has 0 saturated heterocycles. The minimum atomic E-state index is -0.533. The van der Waals surface area contributed by atoms with E-state index in [-0.39, 0.29) is 0 Å². The molecular weight excluding hydrogens is 593 g/mol. The van der Waals surface area contributed by atoms with Crippen LogP contribution in [0.5, 0.6) is 11.5 Å². The molecule has 8 heteroatoms. The number of esters is 1. The van der Waals surface area contributed by atoms with Crippen LogP contribution in [-0.2, 0) is 0 Å². The third-order valence-corrected chi connectivity index (χ3v) is 6.77. The van der Waals surface area contributed by atoms with E-state index in [2.05, 4.69) is 38.1 Å². The number of rotatable bonds is 7. The lowest BCUT2D eigenvalue weighted by Crippen LogP contribution is -2.19. The van der Waals surface area contributed by atoms with Crippen LogP contribution in [0, 0.1) is 3.57 Å². The highest BCUT2D eigenvalue weighted by molar-refractivity contribution is 14.1. The monoisotopic (exact) mass is 615 g/mol. The van der Waals surface area contributed by atoms with E-state index in [1.807, 2.05) is 48.5 Å². The summed E-state index contributed by atoms with van der Waals surface area (Å²) in [6.45, 7) is 0. The zero-order valence-corrected chi connectivity index (χ0v) is 22.4. The Balaban J connectivity index is 1.39. The molecule has 0 saturated carbocycles. The Bertz CT molecular complexity index is 1660. The first-order valence-electron chi connectivity index (χ1n) is 11.7. The molecule has 0 spiro atoms. The molecule has 38 heavy (non-hydrogen) atoms. The van der Waals surface area contributed by atoms with Crippen molar-refractivity contribution in [1.82, 2.24) is 10.4 Å². The van der Waals surface area contributed by atoms with Gasteiger partial charge in [-0.25, -0.2) is 10.2 Å². The summed E-state index contributed by atoms with van der Waals surface area (Å²) in [7, 11) is 1.53. The number of fused-ring (bicyclic) bond motifs is 1. The van der Waals surface area contributed by atoms with Gasteiger partial charge in [0.2, 0.25) is 0 Å². The van der Waals surface area contributed by atoms with Crippen molar-refractivity contribution < 1.29 is 19.1 Å². The van der Waals surface area contributed by atoms with Crippen molar-refractivity contribution in [3.63, 3.8) is 0 Å². The predicted molar refractivity (Wildman–Crippen MR) is 156 cm³/mol. The van der Waals surface area contributed by atoms with E-state index in [1.54, 1.807) is 48.5 Å². The highest BCUT2D eigenvalue weighted by Gasteiger charge is 2.20. The third kappa shape index (κ3) is 5.30. The summed E-state index contributed by atoms with van der Waals surface area (Å²) in [6, 6.07) is 29.3. The van der Waals surface area contributed by atoms with E-state index in [9.17, 15) is 9.59 Å². The second-order valence-electron chi connectivity index (χ2n) is 8.26. The normalized spacial score (nSPS) is 11.0. The van der Waals surface area contributed by atoms with Gasteiger partial charge in [0.15, 0.2) is 0 Å². The lowest BCUT2D eigenvalue weighted by atomic mass is 10.0. The van der Waals surface area contributed by atoms with Crippen LogP contribution >= 0.6 is 22.6 Å². The number of aromatic amines is 1.